The highest BCUT2D eigenvalue weighted by atomic mass is 16.5. The van der Waals surface area contributed by atoms with Crippen LogP contribution in [-0.4, -0.2) is 19.1 Å². The predicted octanol–water partition coefficient (Wildman–Crippen LogP) is 4.13. The molecule has 0 aliphatic rings. The molecule has 1 N–H and O–H groups in total. The van der Waals surface area contributed by atoms with E-state index in [4.69, 9.17) is 9.47 Å². The van der Waals surface area contributed by atoms with Gasteiger partial charge in [0.15, 0.2) is 0 Å². The number of ether oxygens (including phenoxy) is 2. The highest BCUT2D eigenvalue weighted by molar-refractivity contribution is 6.06. The molecule has 0 saturated carbocycles. The van der Waals surface area contributed by atoms with Crippen molar-refractivity contribution in [1.82, 2.24) is 0 Å². The molecule has 2 aromatic rings. The van der Waals surface area contributed by atoms with Crippen LogP contribution in [0.1, 0.15) is 30.6 Å². The lowest BCUT2D eigenvalue weighted by Crippen LogP contribution is -2.13. The molecule has 4 nitrogen and oxygen atoms in total. The summed E-state index contributed by atoms with van der Waals surface area (Å²) >= 11 is 0. The fourth-order valence-corrected chi connectivity index (χ4v) is 1.99. The van der Waals surface area contributed by atoms with E-state index in [1.54, 1.807) is 6.07 Å². The first kappa shape index (κ1) is 15.9. The van der Waals surface area contributed by atoms with E-state index in [0.717, 1.165) is 17.9 Å². The molecule has 2 rings (SSSR count). The van der Waals surface area contributed by atoms with Gasteiger partial charge in [0.25, 0.3) is 5.91 Å². The molecule has 0 aromatic heterocycles. The topological polar surface area (TPSA) is 47.6 Å². The van der Waals surface area contributed by atoms with Crippen LogP contribution in [0, 0.1) is 0 Å². The van der Waals surface area contributed by atoms with Crippen LogP contribution in [0.4, 0.5) is 5.69 Å². The fourth-order valence-electron chi connectivity index (χ4n) is 1.99. The fraction of sp³-hybridized carbons (Fsp3) is 0.278. The summed E-state index contributed by atoms with van der Waals surface area (Å²) in [5.74, 6) is 1.20. The number of anilines is 1. The van der Waals surface area contributed by atoms with Crippen molar-refractivity contribution in [2.45, 2.75) is 20.3 Å². The Labute approximate surface area is 131 Å². The van der Waals surface area contributed by atoms with Gasteiger partial charge in [0.1, 0.15) is 11.5 Å². The molecule has 0 saturated heterocycles. The van der Waals surface area contributed by atoms with E-state index < -0.39 is 0 Å². The van der Waals surface area contributed by atoms with E-state index in [1.807, 2.05) is 56.3 Å². The van der Waals surface area contributed by atoms with Gasteiger partial charge in [-0.05, 0) is 49.7 Å². The summed E-state index contributed by atoms with van der Waals surface area (Å²) in [5.41, 5.74) is 1.25. The average molecular weight is 299 g/mol. The maximum absolute atomic E-state index is 12.4. The Bertz CT molecular complexity index is 608. The molecule has 1 amide bonds. The minimum absolute atomic E-state index is 0.184. The zero-order valence-corrected chi connectivity index (χ0v) is 13.0. The summed E-state index contributed by atoms with van der Waals surface area (Å²) in [6, 6.07) is 14.6. The Morgan fingerprint density at radius 3 is 2.41 bits per heavy atom. The van der Waals surface area contributed by atoms with E-state index in [1.165, 1.54) is 0 Å². The van der Waals surface area contributed by atoms with Crippen molar-refractivity contribution in [2.75, 3.05) is 18.5 Å². The predicted molar refractivity (Wildman–Crippen MR) is 87.8 cm³/mol. The minimum atomic E-state index is -0.184. The van der Waals surface area contributed by atoms with Crippen molar-refractivity contribution >= 4 is 11.6 Å². The molecule has 0 radical (unpaired) electrons. The molecular formula is C18H21NO3. The number of hydrogen-bond donors (Lipinski definition) is 1. The first-order valence-corrected chi connectivity index (χ1v) is 7.50. The molecule has 2 aromatic carbocycles. The smallest absolute Gasteiger partial charge is 0.259 e. The van der Waals surface area contributed by atoms with Crippen molar-refractivity contribution in [3.05, 3.63) is 54.1 Å². The van der Waals surface area contributed by atoms with Gasteiger partial charge in [0.05, 0.1) is 18.8 Å². The highest BCUT2D eigenvalue weighted by Crippen LogP contribution is 2.21. The standard InChI is InChI=1S/C18H21NO3/c1-3-13-22-17-8-6-5-7-16(17)18(20)19-14-9-11-15(12-10-14)21-4-2/h5-12H,3-4,13H2,1-2H3,(H,19,20). The number of amides is 1. The number of nitrogens with one attached hydrogen (secondary N) is 1. The molecule has 116 valence electrons. The summed E-state index contributed by atoms with van der Waals surface area (Å²) in [5, 5.41) is 2.87. The third-order valence-corrected chi connectivity index (χ3v) is 3.02. The van der Waals surface area contributed by atoms with Gasteiger partial charge in [-0.15, -0.1) is 0 Å². The second-order valence-electron chi connectivity index (χ2n) is 4.76. The zero-order chi connectivity index (χ0) is 15.8. The molecule has 0 heterocycles. The van der Waals surface area contributed by atoms with Crippen LogP contribution >= 0.6 is 0 Å². The molecular weight excluding hydrogens is 278 g/mol. The van der Waals surface area contributed by atoms with Crippen molar-refractivity contribution in [3.63, 3.8) is 0 Å². The zero-order valence-electron chi connectivity index (χ0n) is 13.0. The number of hydrogen-bond acceptors (Lipinski definition) is 3. The summed E-state index contributed by atoms with van der Waals surface area (Å²) in [6.07, 6.45) is 0.898. The van der Waals surface area contributed by atoms with Crippen LogP contribution in [-0.2, 0) is 0 Å². The lowest BCUT2D eigenvalue weighted by molar-refractivity contribution is 0.102. The first-order chi connectivity index (χ1) is 10.7. The van der Waals surface area contributed by atoms with Gasteiger partial charge in [0, 0.05) is 5.69 Å². The third-order valence-electron chi connectivity index (χ3n) is 3.02. The van der Waals surface area contributed by atoms with Gasteiger partial charge < -0.3 is 14.8 Å². The maximum Gasteiger partial charge on any atom is 0.259 e. The summed E-state index contributed by atoms with van der Waals surface area (Å²) in [6.45, 7) is 5.17. The highest BCUT2D eigenvalue weighted by Gasteiger charge is 2.12. The quantitative estimate of drug-likeness (QED) is 0.836. The van der Waals surface area contributed by atoms with E-state index in [-0.39, 0.29) is 5.91 Å². The first-order valence-electron chi connectivity index (χ1n) is 7.50. The number of rotatable bonds is 7. The second kappa shape index (κ2) is 8.08. The molecule has 0 spiro atoms. The van der Waals surface area contributed by atoms with Crippen LogP contribution in [0.2, 0.25) is 0 Å². The lowest BCUT2D eigenvalue weighted by Gasteiger charge is -2.11. The number of para-hydroxylation sites is 1. The molecule has 4 heteroatoms. The Hall–Kier alpha value is -2.49. The molecule has 0 aliphatic heterocycles. The Morgan fingerprint density at radius 1 is 1.00 bits per heavy atom. The second-order valence-corrected chi connectivity index (χ2v) is 4.76. The van der Waals surface area contributed by atoms with Crippen molar-refractivity contribution in [3.8, 4) is 11.5 Å². The average Bonchev–Trinajstić information content (AvgIpc) is 2.55. The summed E-state index contributed by atoms with van der Waals surface area (Å²) in [7, 11) is 0. The van der Waals surface area contributed by atoms with Crippen molar-refractivity contribution in [2.24, 2.45) is 0 Å². The monoisotopic (exact) mass is 299 g/mol. The van der Waals surface area contributed by atoms with Gasteiger partial charge in [-0.2, -0.15) is 0 Å². The third kappa shape index (κ3) is 4.25. The minimum Gasteiger partial charge on any atom is -0.494 e. The van der Waals surface area contributed by atoms with Gasteiger partial charge in [-0.3, -0.25) is 4.79 Å². The Morgan fingerprint density at radius 2 is 1.73 bits per heavy atom. The number of carbonyl (C=O) groups excluding carboxylic acids is 1. The van der Waals surface area contributed by atoms with E-state index in [2.05, 4.69) is 5.32 Å². The molecule has 0 bridgehead atoms. The van der Waals surface area contributed by atoms with Gasteiger partial charge in [-0.1, -0.05) is 19.1 Å². The van der Waals surface area contributed by atoms with Crippen LogP contribution in [0.5, 0.6) is 11.5 Å². The largest absolute Gasteiger partial charge is 0.494 e. The van der Waals surface area contributed by atoms with Crippen molar-refractivity contribution < 1.29 is 14.3 Å². The summed E-state index contributed by atoms with van der Waals surface area (Å²) in [4.78, 5) is 12.4. The number of benzene rings is 2. The van der Waals surface area contributed by atoms with Gasteiger partial charge >= 0.3 is 0 Å². The van der Waals surface area contributed by atoms with Crippen molar-refractivity contribution in [1.29, 1.82) is 0 Å². The van der Waals surface area contributed by atoms with Gasteiger partial charge in [0.2, 0.25) is 0 Å². The van der Waals surface area contributed by atoms with Gasteiger partial charge in [-0.25, -0.2) is 0 Å². The van der Waals surface area contributed by atoms with Crippen LogP contribution in [0.25, 0.3) is 0 Å². The Kier molecular flexibility index (Phi) is 5.83. The lowest BCUT2D eigenvalue weighted by atomic mass is 10.2. The van der Waals surface area contributed by atoms with E-state index >= 15 is 0 Å². The van der Waals surface area contributed by atoms with Crippen LogP contribution in [0.3, 0.4) is 0 Å². The summed E-state index contributed by atoms with van der Waals surface area (Å²) < 4.78 is 11.0. The van der Waals surface area contributed by atoms with E-state index in [9.17, 15) is 4.79 Å². The maximum atomic E-state index is 12.4. The van der Waals surface area contributed by atoms with Crippen LogP contribution < -0.4 is 14.8 Å². The Balaban J connectivity index is 2.08. The normalized spacial score (nSPS) is 10.1. The molecule has 0 atom stereocenters. The molecule has 0 fully saturated rings. The number of carbonyl (C=O) groups is 1. The van der Waals surface area contributed by atoms with Crippen LogP contribution in [0.15, 0.2) is 48.5 Å². The SMILES string of the molecule is CCCOc1ccccc1C(=O)Nc1ccc(OCC)cc1. The molecule has 22 heavy (non-hydrogen) atoms. The van der Waals surface area contributed by atoms with E-state index in [0.29, 0.717) is 24.5 Å². The molecule has 0 unspecified atom stereocenters. The molecule has 0 aliphatic carbocycles.